The summed E-state index contributed by atoms with van der Waals surface area (Å²) in [5.41, 5.74) is 4.35. The number of fused-ring (bicyclic) bond motifs is 1. The highest BCUT2D eigenvalue weighted by Gasteiger charge is 2.37. The molecule has 0 saturated heterocycles. The molecule has 0 aromatic heterocycles. The van der Waals surface area contributed by atoms with Crippen LogP contribution < -0.4 is 4.72 Å². The molecule has 134 valence electrons. The summed E-state index contributed by atoms with van der Waals surface area (Å²) in [5, 5.41) is 0. The van der Waals surface area contributed by atoms with Crippen LogP contribution in [0.1, 0.15) is 33.9 Å². The second-order valence-electron chi connectivity index (χ2n) is 6.44. The molecule has 2 atom stereocenters. The fourth-order valence-electron chi connectivity index (χ4n) is 3.66. The van der Waals surface area contributed by atoms with Gasteiger partial charge in [-0.05, 0) is 43.0 Å². The van der Waals surface area contributed by atoms with Crippen LogP contribution in [0, 0.1) is 20.8 Å². The van der Waals surface area contributed by atoms with Crippen molar-refractivity contribution in [1.29, 1.82) is 0 Å². The van der Waals surface area contributed by atoms with Crippen molar-refractivity contribution in [2.45, 2.75) is 44.2 Å². The minimum Gasteiger partial charge on any atom is -0.307 e. The summed E-state index contributed by atoms with van der Waals surface area (Å²) < 4.78 is 43.3. The van der Waals surface area contributed by atoms with Gasteiger partial charge < -0.3 is 4.55 Å². The van der Waals surface area contributed by atoms with Crippen molar-refractivity contribution in [2.75, 3.05) is 0 Å². The van der Waals surface area contributed by atoms with E-state index in [1.807, 2.05) is 43.3 Å². The van der Waals surface area contributed by atoms with Crippen molar-refractivity contribution < 1.29 is 17.2 Å². The van der Waals surface area contributed by atoms with Gasteiger partial charge in [0, 0.05) is 6.42 Å². The van der Waals surface area contributed by atoms with Crippen molar-refractivity contribution in [2.24, 2.45) is 0 Å². The maximum absolute atomic E-state index is 13.1. The molecule has 1 aliphatic rings. The van der Waals surface area contributed by atoms with Gasteiger partial charge in [-0.15, -0.1) is 0 Å². The second-order valence-corrected chi connectivity index (χ2v) is 8.43. The van der Waals surface area contributed by atoms with Crippen LogP contribution in [0.4, 0.5) is 0 Å². The van der Waals surface area contributed by atoms with E-state index >= 15 is 0 Å². The van der Waals surface area contributed by atoms with Crippen molar-refractivity contribution in [1.82, 2.24) is 4.72 Å². The number of hydrogen-bond acceptors (Lipinski definition) is 5. The highest BCUT2D eigenvalue weighted by molar-refractivity contribution is 7.89. The molecule has 0 radical (unpaired) electrons. The predicted molar refractivity (Wildman–Crippen MR) is 99.0 cm³/mol. The van der Waals surface area contributed by atoms with Gasteiger partial charge in [-0.3, -0.25) is 4.18 Å². The molecule has 3 rings (SSSR count). The fraction of sp³-hybridized carbons (Fsp3) is 0.333. The summed E-state index contributed by atoms with van der Waals surface area (Å²) in [7, 11) is -3.74. The van der Waals surface area contributed by atoms with Crippen molar-refractivity contribution >= 4 is 22.3 Å². The molecule has 1 aliphatic carbocycles. The lowest BCUT2D eigenvalue weighted by atomic mass is 10.1. The Labute approximate surface area is 152 Å². The lowest BCUT2D eigenvalue weighted by Gasteiger charge is -2.22. The molecular formula is C18H21NO4S2. The van der Waals surface area contributed by atoms with Gasteiger partial charge >= 0.3 is 0 Å². The average Bonchev–Trinajstić information content (AvgIpc) is 2.83. The largest absolute Gasteiger partial charge is 0.307 e. The van der Waals surface area contributed by atoms with Gasteiger partial charge in [-0.25, -0.2) is 13.1 Å². The van der Waals surface area contributed by atoms with Crippen LogP contribution in [0.5, 0.6) is 0 Å². The maximum Gasteiger partial charge on any atom is 0.241 e. The summed E-state index contributed by atoms with van der Waals surface area (Å²) in [4.78, 5) is 0.304. The molecule has 0 bridgehead atoms. The molecule has 7 heteroatoms. The van der Waals surface area contributed by atoms with E-state index < -0.39 is 22.2 Å². The third-order valence-corrected chi connectivity index (χ3v) is 6.58. The van der Waals surface area contributed by atoms with Crippen LogP contribution in [0.25, 0.3) is 0 Å². The zero-order chi connectivity index (χ0) is 18.2. The molecule has 0 spiro atoms. The molecule has 0 fully saturated rings. The Bertz CT molecular complexity index is 873. The van der Waals surface area contributed by atoms with Gasteiger partial charge in [0.25, 0.3) is 0 Å². The van der Waals surface area contributed by atoms with E-state index in [4.69, 9.17) is 8.74 Å². The molecule has 0 amide bonds. The van der Waals surface area contributed by atoms with Gasteiger partial charge in [0.2, 0.25) is 10.0 Å². The molecule has 25 heavy (non-hydrogen) atoms. The normalized spacial score (nSPS) is 19.8. The Morgan fingerprint density at radius 3 is 2.44 bits per heavy atom. The Morgan fingerprint density at radius 2 is 1.80 bits per heavy atom. The molecule has 2 unspecified atom stereocenters. The molecule has 2 aromatic carbocycles. The first-order chi connectivity index (χ1) is 11.8. The molecule has 0 heterocycles. The first-order valence-electron chi connectivity index (χ1n) is 7.98. The van der Waals surface area contributed by atoms with Crippen LogP contribution >= 0.6 is 12.3 Å². The summed E-state index contributed by atoms with van der Waals surface area (Å²) >= 11 is 0.268. The standard InChI is InChI=1S/C18H21NO4S2/c1-11-8-12(2)18(13(3)9-11)25(21,22)19-17-15-7-5-4-6-14(15)10-16(17)23-24-20/h4-9,16-17,19-20H,10H2,1-3H3. The van der Waals surface area contributed by atoms with Crippen molar-refractivity contribution in [3.63, 3.8) is 0 Å². The van der Waals surface area contributed by atoms with Crippen LogP contribution in [0.3, 0.4) is 0 Å². The Morgan fingerprint density at radius 1 is 1.16 bits per heavy atom. The Balaban J connectivity index is 2.00. The SMILES string of the molecule is Cc1cc(C)c(S(=O)(=O)NC2c3ccccc3CC2OSO)c(C)c1. The van der Waals surface area contributed by atoms with Gasteiger partial charge in [0.05, 0.1) is 17.0 Å². The molecule has 2 N–H and O–H groups in total. The highest BCUT2D eigenvalue weighted by Crippen LogP contribution is 2.36. The Kier molecular flexibility index (Phi) is 5.22. The molecule has 0 saturated carbocycles. The highest BCUT2D eigenvalue weighted by atomic mass is 32.2. The van der Waals surface area contributed by atoms with Gasteiger partial charge in [-0.1, -0.05) is 42.0 Å². The van der Waals surface area contributed by atoms with Crippen molar-refractivity contribution in [3.05, 3.63) is 64.2 Å². The topological polar surface area (TPSA) is 75.6 Å². The van der Waals surface area contributed by atoms with E-state index in [1.54, 1.807) is 13.8 Å². The quantitative estimate of drug-likeness (QED) is 0.775. The van der Waals surface area contributed by atoms with Gasteiger partial charge in [0.1, 0.15) is 0 Å². The van der Waals surface area contributed by atoms with E-state index in [0.29, 0.717) is 22.4 Å². The molecule has 0 aliphatic heterocycles. The zero-order valence-electron chi connectivity index (χ0n) is 14.3. The minimum atomic E-state index is -3.74. The summed E-state index contributed by atoms with van der Waals surface area (Å²) in [6, 6.07) is 10.8. The number of nitrogens with one attached hydrogen (secondary N) is 1. The smallest absolute Gasteiger partial charge is 0.241 e. The maximum atomic E-state index is 13.1. The Hall–Kier alpha value is -1.38. The fourth-order valence-corrected chi connectivity index (χ4v) is 5.65. The van der Waals surface area contributed by atoms with E-state index in [2.05, 4.69) is 4.72 Å². The number of benzene rings is 2. The molecular weight excluding hydrogens is 358 g/mol. The summed E-state index contributed by atoms with van der Waals surface area (Å²) in [6.45, 7) is 5.54. The third-order valence-electron chi connectivity index (χ3n) is 4.51. The van der Waals surface area contributed by atoms with E-state index in [9.17, 15) is 8.42 Å². The summed E-state index contributed by atoms with van der Waals surface area (Å²) in [6.07, 6.45) is 0.0798. The lowest BCUT2D eigenvalue weighted by molar-refractivity contribution is 0.199. The van der Waals surface area contributed by atoms with Crippen LogP contribution in [-0.2, 0) is 20.6 Å². The van der Waals surface area contributed by atoms with E-state index in [-0.39, 0.29) is 12.3 Å². The first-order valence-corrected chi connectivity index (χ1v) is 10.2. The van der Waals surface area contributed by atoms with Crippen LogP contribution in [0.2, 0.25) is 0 Å². The number of sulfonamides is 1. The van der Waals surface area contributed by atoms with Crippen LogP contribution in [0.15, 0.2) is 41.3 Å². The third kappa shape index (κ3) is 3.61. The average molecular weight is 380 g/mol. The lowest BCUT2D eigenvalue weighted by Crippen LogP contribution is -2.35. The summed E-state index contributed by atoms with van der Waals surface area (Å²) in [5.74, 6) is 0. The van der Waals surface area contributed by atoms with Crippen molar-refractivity contribution in [3.8, 4) is 0 Å². The number of aryl methyl sites for hydroxylation is 3. The monoisotopic (exact) mass is 379 g/mol. The van der Waals surface area contributed by atoms with Gasteiger partial charge in [0.15, 0.2) is 12.3 Å². The van der Waals surface area contributed by atoms with E-state index in [0.717, 1.165) is 16.7 Å². The minimum absolute atomic E-state index is 0.268. The van der Waals surface area contributed by atoms with Gasteiger partial charge in [-0.2, -0.15) is 0 Å². The first kappa shape index (κ1) is 18.4. The zero-order valence-corrected chi connectivity index (χ0v) is 15.9. The van der Waals surface area contributed by atoms with Crippen LogP contribution in [-0.4, -0.2) is 19.1 Å². The predicted octanol–water partition coefficient (Wildman–Crippen LogP) is 3.69. The number of rotatable bonds is 5. The number of hydrogen-bond donors (Lipinski definition) is 2. The molecule has 2 aromatic rings. The second kappa shape index (κ2) is 7.09. The molecule has 5 nitrogen and oxygen atoms in total. The van der Waals surface area contributed by atoms with E-state index in [1.165, 1.54) is 0 Å².